The number of hydrogen-bond donors (Lipinski definition) is 0. The van der Waals surface area contributed by atoms with E-state index in [9.17, 15) is 9.59 Å². The Labute approximate surface area is 155 Å². The first-order valence-corrected chi connectivity index (χ1v) is 9.20. The first-order chi connectivity index (χ1) is 11.9. The molecule has 0 saturated carbocycles. The standard InChI is InChI=1S/C18H32N4O4/c1-11(2)9-14(10-12(3)4)18(17(7,8)19-20-18)16(24)26-22-21-25-15(23)13(5)6/h11-14H,9-10H2,1-8H3. The molecule has 0 radical (unpaired) electrons. The highest BCUT2D eigenvalue weighted by Crippen LogP contribution is 2.49. The molecular formula is C18H32N4O4. The van der Waals surface area contributed by atoms with Crippen LogP contribution in [0.15, 0.2) is 20.8 Å². The van der Waals surface area contributed by atoms with Crippen molar-refractivity contribution in [1.82, 2.24) is 0 Å². The van der Waals surface area contributed by atoms with Gasteiger partial charge in [-0.25, -0.2) is 9.59 Å². The van der Waals surface area contributed by atoms with Crippen LogP contribution in [-0.2, 0) is 19.3 Å². The minimum absolute atomic E-state index is 0.0316. The van der Waals surface area contributed by atoms with E-state index in [1.807, 2.05) is 13.8 Å². The Morgan fingerprint density at radius 1 is 0.885 bits per heavy atom. The Hall–Kier alpha value is -1.86. The maximum Gasteiger partial charge on any atom is 0.369 e. The lowest BCUT2D eigenvalue weighted by atomic mass is 9.64. The molecule has 0 fully saturated rings. The highest BCUT2D eigenvalue weighted by atomic mass is 16.8. The number of hydrogen-bond acceptors (Lipinski definition) is 8. The number of rotatable bonds is 9. The van der Waals surface area contributed by atoms with Crippen LogP contribution in [0, 0.1) is 23.7 Å². The zero-order chi connectivity index (χ0) is 20.1. The largest absolute Gasteiger partial charge is 0.369 e. The second-order valence-corrected chi connectivity index (χ2v) is 8.59. The fraction of sp³-hybridized carbons (Fsp3) is 0.889. The molecule has 1 aliphatic rings. The van der Waals surface area contributed by atoms with Crippen LogP contribution in [0.3, 0.4) is 0 Å². The van der Waals surface area contributed by atoms with E-state index in [1.165, 1.54) is 0 Å². The van der Waals surface area contributed by atoms with Gasteiger partial charge >= 0.3 is 11.9 Å². The second kappa shape index (κ2) is 8.68. The maximum atomic E-state index is 12.9. The van der Waals surface area contributed by atoms with E-state index in [0.717, 1.165) is 12.8 Å². The van der Waals surface area contributed by atoms with Gasteiger partial charge in [-0.2, -0.15) is 10.2 Å². The monoisotopic (exact) mass is 368 g/mol. The molecule has 1 aliphatic heterocycles. The van der Waals surface area contributed by atoms with Crippen LogP contribution in [0.2, 0.25) is 0 Å². The molecule has 26 heavy (non-hydrogen) atoms. The summed E-state index contributed by atoms with van der Waals surface area (Å²) < 4.78 is 0. The van der Waals surface area contributed by atoms with Crippen LogP contribution < -0.4 is 0 Å². The number of carbonyl (C=O) groups excluding carboxylic acids is 2. The molecule has 0 spiro atoms. The summed E-state index contributed by atoms with van der Waals surface area (Å²) in [5.41, 5.74) is -1.80. The van der Waals surface area contributed by atoms with Crippen molar-refractivity contribution >= 4 is 11.9 Å². The van der Waals surface area contributed by atoms with E-state index in [1.54, 1.807) is 13.8 Å². The van der Waals surface area contributed by atoms with Crippen molar-refractivity contribution in [3.8, 4) is 0 Å². The SMILES string of the molecule is CC(C)CC(CC(C)C)C1(C(=O)ON=NOC(=O)C(C)C)N=NC1(C)C. The molecule has 0 aromatic carbocycles. The van der Waals surface area contributed by atoms with Gasteiger partial charge in [-0.05, 0) is 44.4 Å². The van der Waals surface area contributed by atoms with E-state index < -0.39 is 23.0 Å². The van der Waals surface area contributed by atoms with E-state index in [0.29, 0.717) is 11.8 Å². The Morgan fingerprint density at radius 3 is 1.73 bits per heavy atom. The Balaban J connectivity index is 2.98. The molecule has 1 atom stereocenters. The third kappa shape index (κ3) is 4.86. The molecular weight excluding hydrogens is 336 g/mol. The van der Waals surface area contributed by atoms with Crippen LogP contribution in [0.1, 0.15) is 68.2 Å². The molecule has 8 heteroatoms. The number of nitrogens with zero attached hydrogens (tertiary/aromatic N) is 4. The smallest absolute Gasteiger partial charge is 0.297 e. The summed E-state index contributed by atoms with van der Waals surface area (Å²) in [5.74, 6) is -0.770. The molecule has 0 N–H and O–H groups in total. The molecule has 1 heterocycles. The predicted molar refractivity (Wildman–Crippen MR) is 95.9 cm³/mol. The first kappa shape index (κ1) is 22.2. The van der Waals surface area contributed by atoms with Crippen molar-refractivity contribution in [3.63, 3.8) is 0 Å². The highest BCUT2D eigenvalue weighted by molar-refractivity contribution is 5.84. The third-order valence-electron chi connectivity index (χ3n) is 4.56. The molecule has 8 nitrogen and oxygen atoms in total. The van der Waals surface area contributed by atoms with Gasteiger partial charge in [0, 0.05) is 0 Å². The van der Waals surface area contributed by atoms with Gasteiger partial charge in [-0.15, -0.1) is 0 Å². The zero-order valence-electron chi connectivity index (χ0n) is 17.1. The lowest BCUT2D eigenvalue weighted by Gasteiger charge is -2.48. The van der Waals surface area contributed by atoms with Gasteiger partial charge < -0.3 is 0 Å². The summed E-state index contributed by atoms with van der Waals surface area (Å²) in [6.07, 6.45) is 1.63. The van der Waals surface area contributed by atoms with E-state index >= 15 is 0 Å². The Morgan fingerprint density at radius 2 is 1.38 bits per heavy atom. The quantitative estimate of drug-likeness (QED) is 0.434. The molecule has 1 rings (SSSR count). The van der Waals surface area contributed by atoms with Crippen LogP contribution in [0.4, 0.5) is 0 Å². The zero-order valence-corrected chi connectivity index (χ0v) is 17.1. The molecule has 0 amide bonds. The third-order valence-corrected chi connectivity index (χ3v) is 4.56. The number of carbonyl (C=O) groups is 2. The lowest BCUT2D eigenvalue weighted by molar-refractivity contribution is -0.166. The normalized spacial score (nSPS) is 21.7. The molecule has 0 aromatic heterocycles. The van der Waals surface area contributed by atoms with Gasteiger partial charge in [0.2, 0.25) is 5.54 Å². The van der Waals surface area contributed by atoms with E-state index in [4.69, 9.17) is 4.84 Å². The first-order valence-electron chi connectivity index (χ1n) is 9.20. The van der Waals surface area contributed by atoms with Gasteiger partial charge in [0.25, 0.3) is 0 Å². The molecule has 148 valence electrons. The Kier molecular flexibility index (Phi) is 7.41. The van der Waals surface area contributed by atoms with Gasteiger partial charge in [-0.3, -0.25) is 9.68 Å². The summed E-state index contributed by atoms with van der Waals surface area (Å²) in [5, 5.41) is 14.9. The second-order valence-electron chi connectivity index (χ2n) is 8.59. The molecule has 0 bridgehead atoms. The summed E-state index contributed by atoms with van der Waals surface area (Å²) >= 11 is 0. The van der Waals surface area contributed by atoms with Crippen molar-refractivity contribution in [1.29, 1.82) is 0 Å². The molecule has 1 unspecified atom stereocenters. The van der Waals surface area contributed by atoms with Gasteiger partial charge in [0.05, 0.1) is 16.5 Å². The van der Waals surface area contributed by atoms with Crippen molar-refractivity contribution in [3.05, 3.63) is 0 Å². The van der Waals surface area contributed by atoms with Crippen molar-refractivity contribution in [2.75, 3.05) is 0 Å². The summed E-state index contributed by atoms with van der Waals surface area (Å²) in [4.78, 5) is 33.7. The molecule has 0 saturated heterocycles. The minimum atomic E-state index is -1.11. The van der Waals surface area contributed by atoms with Crippen molar-refractivity contribution < 1.29 is 19.3 Å². The summed E-state index contributed by atoms with van der Waals surface area (Å²) in [6.45, 7) is 15.5. The summed E-state index contributed by atoms with van der Waals surface area (Å²) in [6, 6.07) is 0. The van der Waals surface area contributed by atoms with Crippen LogP contribution >= 0.6 is 0 Å². The van der Waals surface area contributed by atoms with Gasteiger partial charge in [0.15, 0.2) is 0 Å². The van der Waals surface area contributed by atoms with Gasteiger partial charge in [-0.1, -0.05) is 41.5 Å². The fourth-order valence-corrected chi connectivity index (χ4v) is 3.26. The van der Waals surface area contributed by atoms with Crippen LogP contribution in [0.5, 0.6) is 0 Å². The minimum Gasteiger partial charge on any atom is -0.297 e. The lowest BCUT2D eigenvalue weighted by Crippen LogP contribution is -2.64. The molecule has 0 aliphatic carbocycles. The van der Waals surface area contributed by atoms with E-state index in [-0.39, 0.29) is 11.8 Å². The average Bonchev–Trinajstić information content (AvgIpc) is 2.49. The van der Waals surface area contributed by atoms with Gasteiger partial charge in [0.1, 0.15) is 5.54 Å². The highest BCUT2D eigenvalue weighted by Gasteiger charge is 2.64. The topological polar surface area (TPSA) is 102 Å². The van der Waals surface area contributed by atoms with Crippen LogP contribution in [0.25, 0.3) is 0 Å². The fourth-order valence-electron chi connectivity index (χ4n) is 3.26. The van der Waals surface area contributed by atoms with Crippen molar-refractivity contribution in [2.45, 2.75) is 79.3 Å². The predicted octanol–water partition coefficient (Wildman–Crippen LogP) is 4.70. The maximum absolute atomic E-state index is 12.9. The number of azo groups is 1. The Bertz CT molecular complexity index is 560. The average molecular weight is 368 g/mol. The van der Waals surface area contributed by atoms with E-state index in [2.05, 4.69) is 53.3 Å². The summed E-state index contributed by atoms with van der Waals surface area (Å²) in [7, 11) is 0. The molecule has 0 aromatic rings. The van der Waals surface area contributed by atoms with Crippen LogP contribution in [-0.4, -0.2) is 23.0 Å². The van der Waals surface area contributed by atoms with Crippen molar-refractivity contribution in [2.24, 2.45) is 44.5 Å².